The van der Waals surface area contributed by atoms with E-state index in [1.165, 1.54) is 0 Å². The highest BCUT2D eigenvalue weighted by Gasteiger charge is 2.11. The van der Waals surface area contributed by atoms with Crippen LogP contribution in [0.5, 0.6) is 0 Å². The Kier molecular flexibility index (Phi) is 3.39. The summed E-state index contributed by atoms with van der Waals surface area (Å²) in [5.41, 5.74) is 12.2. The van der Waals surface area contributed by atoms with E-state index in [2.05, 4.69) is 9.97 Å². The van der Waals surface area contributed by atoms with Crippen molar-refractivity contribution in [3.63, 3.8) is 0 Å². The van der Waals surface area contributed by atoms with Gasteiger partial charge in [0.15, 0.2) is 0 Å². The van der Waals surface area contributed by atoms with Gasteiger partial charge in [0.2, 0.25) is 5.95 Å². The molecule has 5 nitrogen and oxygen atoms in total. The van der Waals surface area contributed by atoms with Crippen molar-refractivity contribution in [1.82, 2.24) is 9.97 Å². The van der Waals surface area contributed by atoms with Gasteiger partial charge in [0.1, 0.15) is 5.82 Å². The fourth-order valence-electron chi connectivity index (χ4n) is 2.68. The number of nitrogen functional groups attached to an aromatic ring is 2. The van der Waals surface area contributed by atoms with Gasteiger partial charge in [-0.3, -0.25) is 0 Å². The summed E-state index contributed by atoms with van der Waals surface area (Å²) < 4.78 is 12.9. The Labute approximate surface area is 140 Å². The van der Waals surface area contributed by atoms with Gasteiger partial charge < -0.3 is 11.5 Å². The van der Waals surface area contributed by atoms with Gasteiger partial charge in [-0.1, -0.05) is 30.3 Å². The second kappa shape index (κ2) is 5.58. The first kappa shape index (κ1) is 14.6. The number of hydrogen-bond acceptors (Lipinski definition) is 5. The average molecular weight is 334 g/mol. The highest BCUT2D eigenvalue weighted by molar-refractivity contribution is 7.85. The summed E-state index contributed by atoms with van der Waals surface area (Å²) in [5.74, 6) is 0.415. The van der Waals surface area contributed by atoms with Crippen LogP contribution in [0.15, 0.2) is 70.5 Å². The van der Waals surface area contributed by atoms with Crippen molar-refractivity contribution in [2.75, 3.05) is 11.5 Å². The predicted molar refractivity (Wildman–Crippen MR) is 97.0 cm³/mol. The summed E-state index contributed by atoms with van der Waals surface area (Å²) in [5, 5.41) is 2.82. The number of nitrogens with zero attached hydrogens (tertiary/aromatic N) is 2. The molecule has 1 atom stereocenters. The Morgan fingerprint density at radius 2 is 1.50 bits per heavy atom. The second-order valence-corrected chi connectivity index (χ2v) is 6.90. The lowest BCUT2D eigenvalue weighted by atomic mass is 10.1. The Morgan fingerprint density at radius 1 is 0.792 bits per heavy atom. The number of nitrogens with two attached hydrogens (primary N) is 2. The van der Waals surface area contributed by atoms with Gasteiger partial charge in [0.05, 0.1) is 16.3 Å². The molecule has 0 saturated carbocycles. The summed E-state index contributed by atoms with van der Waals surface area (Å²) in [6, 6.07) is 19.1. The maximum Gasteiger partial charge on any atom is 0.222 e. The van der Waals surface area contributed by atoms with Crippen molar-refractivity contribution in [2.24, 2.45) is 0 Å². The number of anilines is 2. The number of rotatable bonds is 2. The molecule has 3 aromatic carbocycles. The van der Waals surface area contributed by atoms with Crippen molar-refractivity contribution in [3.8, 4) is 0 Å². The molecule has 0 aliphatic heterocycles. The summed E-state index contributed by atoms with van der Waals surface area (Å²) >= 11 is 0. The molecular formula is C18H14N4OS. The smallest absolute Gasteiger partial charge is 0.222 e. The highest BCUT2D eigenvalue weighted by atomic mass is 32.2. The van der Waals surface area contributed by atoms with Crippen LogP contribution in [0, 0.1) is 0 Å². The fraction of sp³-hybridized carbons (Fsp3) is 0. The van der Waals surface area contributed by atoms with E-state index in [4.69, 9.17) is 11.5 Å². The molecule has 118 valence electrons. The van der Waals surface area contributed by atoms with Crippen LogP contribution in [-0.4, -0.2) is 14.2 Å². The van der Waals surface area contributed by atoms with Crippen molar-refractivity contribution < 1.29 is 4.21 Å². The molecule has 6 heteroatoms. The summed E-state index contributed by atoms with van der Waals surface area (Å²) in [6.45, 7) is 0. The molecule has 0 aliphatic rings. The maximum absolute atomic E-state index is 12.9. The van der Waals surface area contributed by atoms with E-state index in [0.717, 1.165) is 15.7 Å². The normalized spacial score (nSPS) is 12.5. The Hall–Kier alpha value is -2.99. The molecule has 4 N–H and O–H groups in total. The molecule has 0 unspecified atom stereocenters. The highest BCUT2D eigenvalue weighted by Crippen LogP contribution is 2.26. The third-order valence-corrected chi connectivity index (χ3v) is 5.23. The predicted octanol–water partition coefficient (Wildman–Crippen LogP) is 3.11. The lowest BCUT2D eigenvalue weighted by molar-refractivity contribution is 0.683. The molecule has 1 heterocycles. The van der Waals surface area contributed by atoms with Crippen molar-refractivity contribution in [2.45, 2.75) is 9.79 Å². The van der Waals surface area contributed by atoms with Crippen molar-refractivity contribution >= 4 is 44.2 Å². The van der Waals surface area contributed by atoms with Gasteiger partial charge in [0.25, 0.3) is 0 Å². The Morgan fingerprint density at radius 3 is 2.33 bits per heavy atom. The summed E-state index contributed by atoms with van der Waals surface area (Å²) in [4.78, 5) is 9.49. The van der Waals surface area contributed by atoms with Crippen LogP contribution < -0.4 is 11.5 Å². The topological polar surface area (TPSA) is 94.9 Å². The number of aromatic nitrogens is 2. The molecule has 0 spiro atoms. The van der Waals surface area contributed by atoms with Gasteiger partial charge in [0, 0.05) is 15.2 Å². The van der Waals surface area contributed by atoms with Crippen LogP contribution in [0.2, 0.25) is 0 Å². The third-order valence-electron chi connectivity index (χ3n) is 3.86. The molecule has 0 fully saturated rings. The third kappa shape index (κ3) is 2.47. The zero-order valence-corrected chi connectivity index (χ0v) is 13.5. The average Bonchev–Trinajstić information content (AvgIpc) is 2.60. The Balaban J connectivity index is 1.82. The van der Waals surface area contributed by atoms with Crippen LogP contribution >= 0.6 is 0 Å². The minimum atomic E-state index is -1.31. The van der Waals surface area contributed by atoms with Gasteiger partial charge in [-0.2, -0.15) is 4.98 Å². The first-order valence-electron chi connectivity index (χ1n) is 7.35. The first-order chi connectivity index (χ1) is 11.6. The van der Waals surface area contributed by atoms with Crippen LogP contribution in [0.3, 0.4) is 0 Å². The lowest BCUT2D eigenvalue weighted by Crippen LogP contribution is -2.01. The van der Waals surface area contributed by atoms with E-state index in [1.54, 1.807) is 18.2 Å². The summed E-state index contributed by atoms with van der Waals surface area (Å²) in [7, 11) is -1.31. The lowest BCUT2D eigenvalue weighted by Gasteiger charge is -2.07. The monoisotopic (exact) mass is 334 g/mol. The quantitative estimate of drug-likeness (QED) is 0.587. The van der Waals surface area contributed by atoms with Crippen molar-refractivity contribution in [3.05, 3.63) is 60.7 Å². The molecule has 0 saturated heterocycles. The minimum absolute atomic E-state index is 0.128. The number of hydrogen-bond donors (Lipinski definition) is 2. The first-order valence-corrected chi connectivity index (χ1v) is 8.50. The molecule has 4 rings (SSSR count). The molecule has 0 amide bonds. The van der Waals surface area contributed by atoms with Gasteiger partial charge in [-0.25, -0.2) is 9.19 Å². The molecule has 4 aromatic rings. The minimum Gasteiger partial charge on any atom is -0.383 e. The van der Waals surface area contributed by atoms with E-state index >= 15 is 0 Å². The zero-order chi connectivity index (χ0) is 16.7. The van der Waals surface area contributed by atoms with E-state index in [9.17, 15) is 4.21 Å². The maximum atomic E-state index is 12.9. The SMILES string of the molecule is Nc1nc(N)c2cc([S@](=O)c3ccc4ccccc4c3)ccc2n1. The molecule has 0 radical (unpaired) electrons. The van der Waals surface area contributed by atoms with Gasteiger partial charge in [-0.15, -0.1) is 0 Å². The van der Waals surface area contributed by atoms with E-state index < -0.39 is 10.8 Å². The van der Waals surface area contributed by atoms with Crippen LogP contribution in [0.25, 0.3) is 21.7 Å². The van der Waals surface area contributed by atoms with Crippen molar-refractivity contribution in [1.29, 1.82) is 0 Å². The fourth-order valence-corrected chi connectivity index (χ4v) is 3.80. The molecule has 0 aliphatic carbocycles. The Bertz CT molecular complexity index is 1110. The van der Waals surface area contributed by atoms with Gasteiger partial charge >= 0.3 is 0 Å². The van der Waals surface area contributed by atoms with E-state index in [1.807, 2.05) is 42.5 Å². The standard InChI is InChI=1S/C18H14N4OS/c19-17-15-10-14(7-8-16(15)21-18(20)22-17)24(23)13-6-5-11-3-1-2-4-12(11)9-13/h1-10H,(H4,19,20,21,22)/t24-/m1/s1. The van der Waals surface area contributed by atoms with Crippen LogP contribution in [0.1, 0.15) is 0 Å². The summed E-state index contributed by atoms with van der Waals surface area (Å²) in [6.07, 6.45) is 0. The largest absolute Gasteiger partial charge is 0.383 e. The number of benzene rings is 3. The molecule has 24 heavy (non-hydrogen) atoms. The zero-order valence-electron chi connectivity index (χ0n) is 12.6. The number of fused-ring (bicyclic) bond motifs is 2. The van der Waals surface area contributed by atoms with Crippen LogP contribution in [0.4, 0.5) is 11.8 Å². The van der Waals surface area contributed by atoms with E-state index in [0.29, 0.717) is 15.8 Å². The molecule has 1 aromatic heterocycles. The van der Waals surface area contributed by atoms with Gasteiger partial charge in [-0.05, 0) is 41.1 Å². The molecular weight excluding hydrogens is 320 g/mol. The molecule has 0 bridgehead atoms. The van der Waals surface area contributed by atoms with Crippen LogP contribution in [-0.2, 0) is 10.8 Å². The second-order valence-electron chi connectivity index (χ2n) is 5.42. The van der Waals surface area contributed by atoms with E-state index in [-0.39, 0.29) is 11.8 Å².